The summed E-state index contributed by atoms with van der Waals surface area (Å²) in [5.41, 5.74) is 3.11. The fourth-order valence-corrected chi connectivity index (χ4v) is 5.55. The summed E-state index contributed by atoms with van der Waals surface area (Å²) >= 11 is 0. The quantitative estimate of drug-likeness (QED) is 0.836. The van der Waals surface area contributed by atoms with Crippen LogP contribution < -0.4 is 5.32 Å². The Kier molecular flexibility index (Phi) is 2.77. The lowest BCUT2D eigenvalue weighted by atomic mass is 9.48. The van der Waals surface area contributed by atoms with E-state index in [2.05, 4.69) is 35.7 Å². The van der Waals surface area contributed by atoms with Gasteiger partial charge in [0.25, 0.3) is 0 Å². The Morgan fingerprint density at radius 3 is 2.05 bits per heavy atom. The summed E-state index contributed by atoms with van der Waals surface area (Å²) < 4.78 is 0. The first-order valence-electron chi connectivity index (χ1n) is 7.99. The number of nitrogens with one attached hydrogen (secondary N) is 1. The van der Waals surface area contributed by atoms with E-state index in [9.17, 15) is 0 Å². The molecular formula is C18H22N2. The molecule has 0 saturated heterocycles. The van der Waals surface area contributed by atoms with Gasteiger partial charge in [-0.3, -0.25) is 0 Å². The average molecular weight is 266 g/mol. The van der Waals surface area contributed by atoms with Crippen molar-refractivity contribution in [1.82, 2.24) is 0 Å². The fourth-order valence-electron chi connectivity index (χ4n) is 5.55. The second kappa shape index (κ2) is 4.52. The summed E-state index contributed by atoms with van der Waals surface area (Å²) in [7, 11) is 0. The van der Waals surface area contributed by atoms with Gasteiger partial charge in [-0.2, -0.15) is 5.26 Å². The molecule has 4 bridgehead atoms. The van der Waals surface area contributed by atoms with Crippen molar-refractivity contribution in [2.75, 3.05) is 11.9 Å². The van der Waals surface area contributed by atoms with Crippen molar-refractivity contribution in [2.45, 2.75) is 43.9 Å². The Labute approximate surface area is 121 Å². The second-order valence-electron chi connectivity index (χ2n) is 7.29. The number of hydrogen-bond donors (Lipinski definition) is 1. The zero-order valence-corrected chi connectivity index (χ0v) is 11.9. The van der Waals surface area contributed by atoms with Crippen LogP contribution in [0.4, 0.5) is 5.69 Å². The molecule has 5 rings (SSSR count). The van der Waals surface area contributed by atoms with Gasteiger partial charge < -0.3 is 5.32 Å². The molecule has 4 fully saturated rings. The molecule has 0 amide bonds. The van der Waals surface area contributed by atoms with Gasteiger partial charge in [0.15, 0.2) is 0 Å². The van der Waals surface area contributed by atoms with E-state index in [0.29, 0.717) is 12.0 Å². The van der Waals surface area contributed by atoms with E-state index in [0.717, 1.165) is 23.4 Å². The molecule has 2 nitrogen and oxygen atoms in total. The molecule has 0 aliphatic heterocycles. The van der Waals surface area contributed by atoms with Crippen molar-refractivity contribution in [3.63, 3.8) is 0 Å². The van der Waals surface area contributed by atoms with Crippen LogP contribution in [-0.2, 0) is 5.41 Å². The van der Waals surface area contributed by atoms with E-state index in [-0.39, 0.29) is 0 Å². The third-order valence-corrected chi connectivity index (χ3v) is 5.91. The lowest BCUT2D eigenvalue weighted by Crippen LogP contribution is -2.48. The van der Waals surface area contributed by atoms with E-state index < -0.39 is 0 Å². The van der Waals surface area contributed by atoms with Crippen LogP contribution in [0.2, 0.25) is 0 Å². The number of rotatable bonds is 3. The summed E-state index contributed by atoms with van der Waals surface area (Å²) in [6.07, 6.45) is 8.76. The van der Waals surface area contributed by atoms with Crippen LogP contribution in [0.1, 0.15) is 44.1 Å². The highest BCUT2D eigenvalue weighted by atomic mass is 14.9. The van der Waals surface area contributed by atoms with Crippen LogP contribution >= 0.6 is 0 Å². The van der Waals surface area contributed by atoms with E-state index in [1.807, 2.05) is 0 Å². The molecule has 0 spiro atoms. The maximum Gasteiger partial charge on any atom is 0.103 e. The van der Waals surface area contributed by atoms with Crippen molar-refractivity contribution in [3.8, 4) is 6.07 Å². The van der Waals surface area contributed by atoms with Gasteiger partial charge >= 0.3 is 0 Å². The minimum absolute atomic E-state index is 0.386. The highest BCUT2D eigenvalue weighted by Crippen LogP contribution is 2.60. The minimum Gasteiger partial charge on any atom is -0.372 e. The SMILES string of the molecule is N#CCNc1ccc(C23CC4CC(CC(C4)C2)C3)cc1. The summed E-state index contributed by atoms with van der Waals surface area (Å²) in [4.78, 5) is 0. The predicted octanol–water partition coefficient (Wildman–Crippen LogP) is 4.09. The summed E-state index contributed by atoms with van der Waals surface area (Å²) in [5, 5.41) is 11.8. The molecule has 2 heteroatoms. The van der Waals surface area contributed by atoms with Crippen molar-refractivity contribution in [1.29, 1.82) is 5.26 Å². The van der Waals surface area contributed by atoms with Crippen LogP contribution in [-0.4, -0.2) is 6.54 Å². The Bertz CT molecular complexity index is 502. The molecule has 4 aliphatic carbocycles. The smallest absolute Gasteiger partial charge is 0.103 e. The zero-order chi connectivity index (χ0) is 13.6. The van der Waals surface area contributed by atoms with Gasteiger partial charge in [-0.1, -0.05) is 12.1 Å². The third-order valence-electron chi connectivity index (χ3n) is 5.91. The monoisotopic (exact) mass is 266 g/mol. The lowest BCUT2D eigenvalue weighted by molar-refractivity contribution is -0.00518. The maximum absolute atomic E-state index is 8.62. The highest BCUT2D eigenvalue weighted by molar-refractivity contribution is 5.47. The van der Waals surface area contributed by atoms with E-state index in [4.69, 9.17) is 5.26 Å². The van der Waals surface area contributed by atoms with Gasteiger partial charge in [0.1, 0.15) is 6.54 Å². The summed E-state index contributed by atoms with van der Waals surface area (Å²) in [5.74, 6) is 2.99. The first-order valence-corrected chi connectivity index (χ1v) is 7.99. The molecule has 0 radical (unpaired) electrons. The van der Waals surface area contributed by atoms with Crippen LogP contribution in [0, 0.1) is 29.1 Å². The summed E-state index contributed by atoms with van der Waals surface area (Å²) in [6, 6.07) is 11.1. The van der Waals surface area contributed by atoms with Crippen molar-refractivity contribution >= 4 is 5.69 Å². The molecule has 0 aromatic heterocycles. The van der Waals surface area contributed by atoms with Crippen LogP contribution in [0.15, 0.2) is 24.3 Å². The Morgan fingerprint density at radius 2 is 1.55 bits per heavy atom. The number of benzene rings is 1. The average Bonchev–Trinajstić information content (AvgIpc) is 2.44. The van der Waals surface area contributed by atoms with E-state index in [1.54, 1.807) is 5.56 Å². The van der Waals surface area contributed by atoms with Crippen molar-refractivity contribution in [3.05, 3.63) is 29.8 Å². The minimum atomic E-state index is 0.386. The molecule has 0 atom stereocenters. The standard InChI is InChI=1S/C18H22N2/c19-5-6-20-17-3-1-16(2-4-17)18-10-13-7-14(11-18)9-15(8-13)12-18/h1-4,13-15,20H,6-12H2. The number of nitriles is 1. The largest absolute Gasteiger partial charge is 0.372 e. The molecule has 4 aliphatic rings. The van der Waals surface area contributed by atoms with Crippen LogP contribution in [0.25, 0.3) is 0 Å². The van der Waals surface area contributed by atoms with Gasteiger partial charge in [-0.05, 0) is 79.4 Å². The van der Waals surface area contributed by atoms with Crippen molar-refractivity contribution in [2.24, 2.45) is 17.8 Å². The lowest BCUT2D eigenvalue weighted by Gasteiger charge is -2.57. The summed E-state index contributed by atoms with van der Waals surface area (Å²) in [6.45, 7) is 0.386. The van der Waals surface area contributed by atoms with E-state index >= 15 is 0 Å². The Hall–Kier alpha value is -1.49. The highest BCUT2D eigenvalue weighted by Gasteiger charge is 2.51. The number of hydrogen-bond acceptors (Lipinski definition) is 2. The third kappa shape index (κ3) is 1.92. The zero-order valence-electron chi connectivity index (χ0n) is 11.9. The predicted molar refractivity (Wildman–Crippen MR) is 80.4 cm³/mol. The molecule has 0 heterocycles. The fraction of sp³-hybridized carbons (Fsp3) is 0.611. The van der Waals surface area contributed by atoms with Gasteiger partial charge in [-0.25, -0.2) is 0 Å². The molecule has 20 heavy (non-hydrogen) atoms. The molecule has 104 valence electrons. The van der Waals surface area contributed by atoms with E-state index in [1.165, 1.54) is 38.5 Å². The first-order chi connectivity index (χ1) is 9.77. The number of anilines is 1. The normalized spacial score (nSPS) is 37.6. The molecule has 1 N–H and O–H groups in total. The topological polar surface area (TPSA) is 35.8 Å². The van der Waals surface area contributed by atoms with Gasteiger partial charge in [0.05, 0.1) is 6.07 Å². The van der Waals surface area contributed by atoms with Crippen LogP contribution in [0.3, 0.4) is 0 Å². The molecule has 0 unspecified atom stereocenters. The Morgan fingerprint density at radius 1 is 1.00 bits per heavy atom. The molecule has 4 saturated carbocycles. The van der Waals surface area contributed by atoms with Gasteiger partial charge in [0.2, 0.25) is 0 Å². The van der Waals surface area contributed by atoms with Crippen molar-refractivity contribution < 1.29 is 0 Å². The maximum atomic E-state index is 8.62. The number of nitrogens with zero attached hydrogens (tertiary/aromatic N) is 1. The molecule has 1 aromatic rings. The molecular weight excluding hydrogens is 244 g/mol. The second-order valence-corrected chi connectivity index (χ2v) is 7.29. The van der Waals surface area contributed by atoms with Crippen LogP contribution in [0.5, 0.6) is 0 Å². The first kappa shape index (κ1) is 12.3. The van der Waals surface area contributed by atoms with Gasteiger partial charge in [-0.15, -0.1) is 0 Å². The Balaban J connectivity index is 1.59. The van der Waals surface area contributed by atoms with Gasteiger partial charge in [0, 0.05) is 5.69 Å². The molecule has 1 aromatic carbocycles.